The van der Waals surface area contributed by atoms with Crippen LogP contribution in [0.2, 0.25) is 0 Å². The highest BCUT2D eigenvalue weighted by atomic mass is 31.2. The topological polar surface area (TPSA) is 147 Å². The fourth-order valence-corrected chi connectivity index (χ4v) is 7.65. The lowest BCUT2D eigenvalue weighted by Gasteiger charge is -2.26. The number of carboxylic acids is 1. The molecule has 0 saturated carbocycles. The van der Waals surface area contributed by atoms with Gasteiger partial charge >= 0.3 is 11.9 Å². The van der Waals surface area contributed by atoms with Gasteiger partial charge in [0.25, 0.3) is 7.52 Å². The number of amides is 1. The molecule has 5 aromatic rings. The molecule has 4 N–H and O–H groups in total. The number of hydrogen-bond donors (Lipinski definition) is 4. The van der Waals surface area contributed by atoms with Crippen LogP contribution in [-0.4, -0.2) is 46.2 Å². The Hall–Kier alpha value is -5.02. The lowest BCUT2D eigenvalue weighted by Crippen LogP contribution is -2.51. The van der Waals surface area contributed by atoms with E-state index in [0.717, 1.165) is 39.6 Å². The number of aromatic nitrogens is 1. The van der Waals surface area contributed by atoms with Gasteiger partial charge in [-0.25, -0.2) is 9.88 Å². The van der Waals surface area contributed by atoms with Crippen molar-refractivity contribution >= 4 is 36.3 Å². The van der Waals surface area contributed by atoms with E-state index in [0.29, 0.717) is 12.8 Å². The van der Waals surface area contributed by atoms with E-state index in [1.165, 1.54) is 0 Å². The minimum absolute atomic E-state index is 0.000212. The van der Waals surface area contributed by atoms with Crippen LogP contribution in [0.15, 0.2) is 121 Å². The number of benzene rings is 4. The van der Waals surface area contributed by atoms with E-state index >= 15 is 0 Å². The van der Waals surface area contributed by atoms with Gasteiger partial charge in [0.1, 0.15) is 18.7 Å². The molecule has 3 unspecified atom stereocenters. The summed E-state index contributed by atoms with van der Waals surface area (Å²) >= 11 is 0. The summed E-state index contributed by atoms with van der Waals surface area (Å²) in [4.78, 5) is 42.6. The SMILES string of the molecule is O=C(O)CC(NP(=O)(CCCCc1ccccc1)OCc1ccccc1)C(=O)NC(Cc1c[nH]c2ccccc12)C(=O)OCc1ccccc1. The summed E-state index contributed by atoms with van der Waals surface area (Å²) in [5.41, 5.74) is 4.31. The molecule has 3 atom stereocenters. The standard InChI is InChI=1S/C39H42N3O7P/c43-37(44)25-35(42-50(47,49-28-31-19-8-3-9-20-31)23-13-12-16-29-14-4-1-5-15-29)38(45)41-36(39(46)48-27-30-17-6-2-7-18-30)24-32-26-40-34-22-11-10-21-33(32)34/h1-11,14-15,17-22,26,35-36,40H,12-13,16,23-25,27-28H2,(H,41,45)(H,42,47)(H,43,44). The normalized spacial score (nSPS) is 13.6. The number of carbonyl (C=O) groups is 3. The molecule has 11 heteroatoms. The number of carbonyl (C=O) groups excluding carboxylic acids is 2. The molecule has 0 saturated heterocycles. The van der Waals surface area contributed by atoms with Crippen LogP contribution in [0.25, 0.3) is 10.9 Å². The molecule has 0 spiro atoms. The smallest absolute Gasteiger partial charge is 0.329 e. The Kier molecular flexibility index (Phi) is 13.1. The number of esters is 1. The largest absolute Gasteiger partial charge is 0.481 e. The molecule has 1 heterocycles. The van der Waals surface area contributed by atoms with Gasteiger partial charge in [-0.3, -0.25) is 14.2 Å². The van der Waals surface area contributed by atoms with Crippen molar-refractivity contribution in [2.24, 2.45) is 0 Å². The summed E-state index contributed by atoms with van der Waals surface area (Å²) in [5.74, 6) is -2.77. The lowest BCUT2D eigenvalue weighted by atomic mass is 10.0. The Morgan fingerprint density at radius 3 is 2.00 bits per heavy atom. The van der Waals surface area contributed by atoms with E-state index in [-0.39, 0.29) is 25.8 Å². The van der Waals surface area contributed by atoms with Gasteiger partial charge in [0.05, 0.1) is 13.0 Å². The molecule has 4 aromatic carbocycles. The van der Waals surface area contributed by atoms with Crippen molar-refractivity contribution in [3.63, 3.8) is 0 Å². The molecular formula is C39H42N3O7P. The first-order chi connectivity index (χ1) is 24.3. The summed E-state index contributed by atoms with van der Waals surface area (Å²) in [5, 5.41) is 16.2. The van der Waals surface area contributed by atoms with Gasteiger partial charge in [-0.2, -0.15) is 0 Å². The number of fused-ring (bicyclic) bond motifs is 1. The van der Waals surface area contributed by atoms with Crippen molar-refractivity contribution in [1.29, 1.82) is 0 Å². The van der Waals surface area contributed by atoms with Crippen LogP contribution < -0.4 is 10.4 Å². The Balaban J connectivity index is 1.34. The van der Waals surface area contributed by atoms with Crippen LogP contribution in [0.1, 0.15) is 41.5 Å². The molecule has 0 aliphatic carbocycles. The number of aromatic amines is 1. The van der Waals surface area contributed by atoms with Crippen molar-refractivity contribution in [2.75, 3.05) is 6.16 Å². The van der Waals surface area contributed by atoms with Crippen molar-refractivity contribution in [3.8, 4) is 0 Å². The number of rotatable bonds is 19. The molecule has 0 aliphatic heterocycles. The molecule has 5 rings (SSSR count). The number of ether oxygens (including phenoxy) is 1. The summed E-state index contributed by atoms with van der Waals surface area (Å²) in [6.07, 6.45) is 3.21. The molecule has 260 valence electrons. The average Bonchev–Trinajstić information content (AvgIpc) is 3.55. The fraction of sp³-hybridized carbons (Fsp3) is 0.256. The van der Waals surface area contributed by atoms with Gasteiger partial charge in [0.15, 0.2) is 0 Å². The van der Waals surface area contributed by atoms with Crippen LogP contribution in [0.4, 0.5) is 0 Å². The number of aliphatic carboxylic acids is 1. The molecule has 50 heavy (non-hydrogen) atoms. The maximum Gasteiger partial charge on any atom is 0.329 e. The Labute approximate surface area is 291 Å². The zero-order chi connectivity index (χ0) is 35.2. The fourth-order valence-electron chi connectivity index (χ4n) is 5.64. The first kappa shape index (κ1) is 36.3. The maximum atomic E-state index is 14.4. The number of nitrogens with one attached hydrogen (secondary N) is 3. The molecule has 0 fully saturated rings. The van der Waals surface area contributed by atoms with Gasteiger partial charge in [0, 0.05) is 29.7 Å². The Morgan fingerprint density at radius 1 is 0.740 bits per heavy atom. The molecule has 10 nitrogen and oxygen atoms in total. The van der Waals surface area contributed by atoms with E-state index < -0.39 is 43.9 Å². The third-order valence-electron chi connectivity index (χ3n) is 8.27. The number of unbranched alkanes of at least 4 members (excludes halogenated alkanes) is 1. The highest BCUT2D eigenvalue weighted by molar-refractivity contribution is 7.56. The van der Waals surface area contributed by atoms with E-state index in [4.69, 9.17) is 9.26 Å². The van der Waals surface area contributed by atoms with E-state index in [1.807, 2.05) is 115 Å². The lowest BCUT2D eigenvalue weighted by molar-refractivity contribution is -0.149. The van der Waals surface area contributed by atoms with Crippen molar-refractivity contribution < 1.29 is 33.3 Å². The van der Waals surface area contributed by atoms with Crippen LogP contribution in [0.3, 0.4) is 0 Å². The summed E-state index contributed by atoms with van der Waals surface area (Å²) in [6, 6.07) is 33.2. The number of aryl methyl sites for hydroxylation is 1. The van der Waals surface area contributed by atoms with Gasteiger partial charge in [0.2, 0.25) is 5.91 Å². The predicted molar refractivity (Wildman–Crippen MR) is 192 cm³/mol. The zero-order valence-electron chi connectivity index (χ0n) is 27.7. The van der Waals surface area contributed by atoms with Crippen molar-refractivity contribution in [3.05, 3.63) is 144 Å². The number of para-hydroxylation sites is 1. The molecule has 0 aliphatic rings. The second-order valence-electron chi connectivity index (χ2n) is 12.1. The Morgan fingerprint density at radius 2 is 1.34 bits per heavy atom. The first-order valence-corrected chi connectivity index (χ1v) is 18.5. The van der Waals surface area contributed by atoms with Crippen LogP contribution in [0.5, 0.6) is 0 Å². The Bertz CT molecular complexity index is 1880. The first-order valence-electron chi connectivity index (χ1n) is 16.6. The van der Waals surface area contributed by atoms with Crippen molar-refractivity contribution in [2.45, 2.75) is 57.4 Å². The number of hydrogen-bond acceptors (Lipinski definition) is 6. The van der Waals surface area contributed by atoms with E-state index in [1.54, 1.807) is 6.20 Å². The van der Waals surface area contributed by atoms with Gasteiger partial charge in [-0.1, -0.05) is 109 Å². The highest BCUT2D eigenvalue weighted by Crippen LogP contribution is 2.45. The zero-order valence-corrected chi connectivity index (χ0v) is 28.6. The van der Waals surface area contributed by atoms with Gasteiger partial charge in [-0.05, 0) is 47.6 Å². The van der Waals surface area contributed by atoms with Gasteiger partial charge < -0.3 is 24.7 Å². The van der Waals surface area contributed by atoms with Crippen LogP contribution >= 0.6 is 7.52 Å². The van der Waals surface area contributed by atoms with Gasteiger partial charge in [-0.15, -0.1) is 0 Å². The third kappa shape index (κ3) is 11.0. The van der Waals surface area contributed by atoms with E-state index in [9.17, 15) is 24.1 Å². The second kappa shape index (κ2) is 18.1. The molecule has 1 amide bonds. The second-order valence-corrected chi connectivity index (χ2v) is 14.4. The molecule has 0 radical (unpaired) electrons. The molecule has 1 aromatic heterocycles. The minimum atomic E-state index is -3.78. The minimum Gasteiger partial charge on any atom is -0.481 e. The average molecular weight is 696 g/mol. The quantitative estimate of drug-likeness (QED) is 0.0419. The van der Waals surface area contributed by atoms with Crippen molar-refractivity contribution in [1.82, 2.24) is 15.4 Å². The molecule has 0 bridgehead atoms. The number of H-pyrrole nitrogens is 1. The number of carboxylic acid groups (broad SMARTS) is 1. The monoisotopic (exact) mass is 695 g/mol. The third-order valence-corrected chi connectivity index (χ3v) is 10.4. The van der Waals surface area contributed by atoms with E-state index in [2.05, 4.69) is 15.4 Å². The van der Waals surface area contributed by atoms with Crippen LogP contribution in [-0.2, 0) is 54.3 Å². The maximum absolute atomic E-state index is 14.4. The highest BCUT2D eigenvalue weighted by Gasteiger charge is 2.34. The predicted octanol–water partition coefficient (Wildman–Crippen LogP) is 6.80. The van der Waals surface area contributed by atoms with Crippen LogP contribution in [0, 0.1) is 0 Å². The summed E-state index contributed by atoms with van der Waals surface area (Å²) < 4.78 is 26.0. The molecular weight excluding hydrogens is 653 g/mol. The summed E-state index contributed by atoms with van der Waals surface area (Å²) in [7, 11) is -3.78. The summed E-state index contributed by atoms with van der Waals surface area (Å²) in [6.45, 7) is -0.0115.